The molecule has 7 nitrogen and oxygen atoms in total. The Kier molecular flexibility index (Phi) is 4.49. The molecule has 1 aliphatic heterocycles. The Labute approximate surface area is 146 Å². The Bertz CT molecular complexity index is 831. The van der Waals surface area contributed by atoms with Gasteiger partial charge in [-0.05, 0) is 51.8 Å². The van der Waals surface area contributed by atoms with E-state index in [0.29, 0.717) is 18.7 Å². The van der Waals surface area contributed by atoms with Gasteiger partial charge in [0.1, 0.15) is 5.60 Å². The number of carbonyl (C=O) groups excluding carboxylic acids is 1. The van der Waals surface area contributed by atoms with Gasteiger partial charge in [-0.2, -0.15) is 0 Å². The van der Waals surface area contributed by atoms with Crippen LogP contribution in [0.15, 0.2) is 27.4 Å². The largest absolute Gasteiger partial charge is 0.444 e. The summed E-state index contributed by atoms with van der Waals surface area (Å²) in [4.78, 5) is 25.6. The zero-order valence-electron chi connectivity index (χ0n) is 15.2. The van der Waals surface area contributed by atoms with E-state index in [1.54, 1.807) is 18.0 Å². The molecule has 2 heterocycles. The van der Waals surface area contributed by atoms with Gasteiger partial charge >= 0.3 is 11.8 Å². The van der Waals surface area contributed by atoms with Crippen molar-refractivity contribution in [2.24, 2.45) is 7.05 Å². The standard InChI is InChI=1S/C18H25N3O4/c1-18(2,3)25-17(23)21-9-5-6-13(11-21)19-12-7-8-15-14(10-12)20(4)16(22)24-15/h7-8,10,13,19H,5-6,9,11H2,1-4H3/t13-/m1/s1. The predicted octanol–water partition coefficient (Wildman–Crippen LogP) is 2.94. The summed E-state index contributed by atoms with van der Waals surface area (Å²) in [5.41, 5.74) is 1.72. The van der Waals surface area contributed by atoms with Crippen LogP contribution in [0.25, 0.3) is 11.1 Å². The number of hydrogen-bond donors (Lipinski definition) is 1. The molecule has 25 heavy (non-hydrogen) atoms. The Morgan fingerprint density at radius 3 is 2.84 bits per heavy atom. The van der Waals surface area contributed by atoms with Crippen molar-refractivity contribution in [1.82, 2.24) is 9.47 Å². The number of hydrogen-bond acceptors (Lipinski definition) is 5. The number of likely N-dealkylation sites (tertiary alicyclic amines) is 1. The van der Waals surface area contributed by atoms with E-state index in [0.717, 1.165) is 24.0 Å². The molecule has 0 unspecified atom stereocenters. The van der Waals surface area contributed by atoms with Crippen molar-refractivity contribution in [3.63, 3.8) is 0 Å². The highest BCUT2D eigenvalue weighted by atomic mass is 16.6. The quantitative estimate of drug-likeness (QED) is 0.904. The Morgan fingerprint density at radius 2 is 2.12 bits per heavy atom. The van der Waals surface area contributed by atoms with Crippen molar-refractivity contribution >= 4 is 22.9 Å². The van der Waals surface area contributed by atoms with Crippen LogP contribution in [0.4, 0.5) is 10.5 Å². The third-order valence-corrected chi connectivity index (χ3v) is 4.24. The molecule has 1 aliphatic rings. The van der Waals surface area contributed by atoms with Gasteiger partial charge in [0.15, 0.2) is 5.58 Å². The number of ether oxygens (including phenoxy) is 1. The lowest BCUT2D eigenvalue weighted by Crippen LogP contribution is -2.46. The molecule has 1 saturated heterocycles. The highest BCUT2D eigenvalue weighted by Crippen LogP contribution is 2.22. The molecular formula is C18H25N3O4. The van der Waals surface area contributed by atoms with E-state index in [9.17, 15) is 9.59 Å². The first-order valence-electron chi connectivity index (χ1n) is 8.57. The second-order valence-corrected chi connectivity index (χ2v) is 7.52. The van der Waals surface area contributed by atoms with Crippen LogP contribution in [0.5, 0.6) is 0 Å². The summed E-state index contributed by atoms with van der Waals surface area (Å²) in [5.74, 6) is -0.374. The average Bonchev–Trinajstić information content (AvgIpc) is 2.81. The third kappa shape index (κ3) is 3.97. The Morgan fingerprint density at radius 1 is 1.36 bits per heavy atom. The van der Waals surface area contributed by atoms with Crippen LogP contribution >= 0.6 is 0 Å². The second-order valence-electron chi connectivity index (χ2n) is 7.52. The smallest absolute Gasteiger partial charge is 0.419 e. The average molecular weight is 347 g/mol. The molecule has 0 spiro atoms. The molecule has 2 aromatic rings. The number of oxazole rings is 1. The van der Waals surface area contributed by atoms with Crippen molar-refractivity contribution < 1.29 is 13.9 Å². The van der Waals surface area contributed by atoms with Crippen LogP contribution in [0.1, 0.15) is 33.6 Å². The number of aromatic nitrogens is 1. The number of nitrogens with one attached hydrogen (secondary N) is 1. The summed E-state index contributed by atoms with van der Waals surface area (Å²) in [6.45, 7) is 6.92. The molecule has 1 aromatic carbocycles. The maximum Gasteiger partial charge on any atom is 0.419 e. The fraction of sp³-hybridized carbons (Fsp3) is 0.556. The van der Waals surface area contributed by atoms with E-state index >= 15 is 0 Å². The van der Waals surface area contributed by atoms with Gasteiger partial charge < -0.3 is 19.4 Å². The minimum Gasteiger partial charge on any atom is -0.444 e. The van der Waals surface area contributed by atoms with E-state index in [4.69, 9.17) is 9.15 Å². The van der Waals surface area contributed by atoms with Crippen LogP contribution in [0, 0.1) is 0 Å². The van der Waals surface area contributed by atoms with E-state index in [2.05, 4.69) is 5.32 Å². The molecule has 1 N–H and O–H groups in total. The zero-order valence-corrected chi connectivity index (χ0v) is 15.2. The molecule has 7 heteroatoms. The summed E-state index contributed by atoms with van der Waals surface area (Å²) in [5, 5.41) is 3.45. The van der Waals surface area contributed by atoms with Crippen LogP contribution in [0.3, 0.4) is 0 Å². The molecule has 0 aliphatic carbocycles. The summed E-state index contributed by atoms with van der Waals surface area (Å²) in [6.07, 6.45) is 1.62. The maximum atomic E-state index is 12.3. The highest BCUT2D eigenvalue weighted by Gasteiger charge is 2.27. The number of nitrogens with zero attached hydrogens (tertiary/aromatic N) is 2. The molecule has 1 aromatic heterocycles. The summed E-state index contributed by atoms with van der Waals surface area (Å²) < 4.78 is 12.1. The fourth-order valence-corrected chi connectivity index (χ4v) is 3.04. The van der Waals surface area contributed by atoms with Gasteiger partial charge in [0.2, 0.25) is 0 Å². The number of fused-ring (bicyclic) bond motifs is 1. The van der Waals surface area contributed by atoms with E-state index in [1.165, 1.54) is 4.57 Å². The number of piperidine rings is 1. The molecular weight excluding hydrogens is 322 g/mol. The normalized spacial score (nSPS) is 18.4. The van der Waals surface area contributed by atoms with Gasteiger partial charge in [-0.1, -0.05) is 0 Å². The molecule has 0 bridgehead atoms. The molecule has 1 amide bonds. The summed E-state index contributed by atoms with van der Waals surface area (Å²) >= 11 is 0. The minimum atomic E-state index is -0.492. The van der Waals surface area contributed by atoms with E-state index < -0.39 is 5.60 Å². The van der Waals surface area contributed by atoms with Crippen molar-refractivity contribution in [2.75, 3.05) is 18.4 Å². The third-order valence-electron chi connectivity index (χ3n) is 4.24. The number of amides is 1. The van der Waals surface area contributed by atoms with E-state index in [1.807, 2.05) is 32.9 Å². The molecule has 0 saturated carbocycles. The molecule has 1 atom stereocenters. The number of benzene rings is 1. The lowest BCUT2D eigenvalue weighted by atomic mass is 10.1. The van der Waals surface area contributed by atoms with E-state index in [-0.39, 0.29) is 17.9 Å². The van der Waals surface area contributed by atoms with Crippen molar-refractivity contribution in [2.45, 2.75) is 45.3 Å². The number of anilines is 1. The van der Waals surface area contributed by atoms with Gasteiger partial charge in [-0.25, -0.2) is 9.59 Å². The molecule has 0 radical (unpaired) electrons. The molecule has 3 rings (SSSR count). The van der Waals surface area contributed by atoms with Crippen molar-refractivity contribution in [3.8, 4) is 0 Å². The van der Waals surface area contributed by atoms with Gasteiger partial charge in [-0.3, -0.25) is 4.57 Å². The lowest BCUT2D eigenvalue weighted by molar-refractivity contribution is 0.0206. The van der Waals surface area contributed by atoms with Crippen LogP contribution in [-0.2, 0) is 11.8 Å². The number of rotatable bonds is 2. The van der Waals surface area contributed by atoms with Crippen LogP contribution in [-0.4, -0.2) is 40.3 Å². The first-order valence-corrected chi connectivity index (χ1v) is 8.57. The lowest BCUT2D eigenvalue weighted by Gasteiger charge is -2.34. The SMILES string of the molecule is Cn1c(=O)oc2ccc(N[C@@H]3CCCN(C(=O)OC(C)(C)C)C3)cc21. The number of carbonyl (C=O) groups is 1. The second kappa shape index (κ2) is 6.46. The summed E-state index contributed by atoms with van der Waals surface area (Å²) in [7, 11) is 1.68. The zero-order chi connectivity index (χ0) is 18.2. The first-order chi connectivity index (χ1) is 11.7. The predicted molar refractivity (Wildman–Crippen MR) is 95.9 cm³/mol. The first kappa shape index (κ1) is 17.4. The minimum absolute atomic E-state index is 0.141. The fourth-order valence-electron chi connectivity index (χ4n) is 3.04. The van der Waals surface area contributed by atoms with Gasteiger partial charge in [0.25, 0.3) is 0 Å². The maximum absolute atomic E-state index is 12.3. The molecule has 1 fully saturated rings. The van der Waals surface area contributed by atoms with Crippen LogP contribution < -0.4 is 11.1 Å². The topological polar surface area (TPSA) is 76.7 Å². The Hall–Kier alpha value is -2.44. The van der Waals surface area contributed by atoms with Gasteiger partial charge in [0, 0.05) is 31.9 Å². The van der Waals surface area contributed by atoms with Gasteiger partial charge in [-0.15, -0.1) is 0 Å². The summed E-state index contributed by atoms with van der Waals surface area (Å²) in [6, 6.07) is 5.71. The molecule has 136 valence electrons. The monoisotopic (exact) mass is 347 g/mol. The highest BCUT2D eigenvalue weighted by molar-refractivity contribution is 5.77. The van der Waals surface area contributed by atoms with Crippen LogP contribution in [0.2, 0.25) is 0 Å². The van der Waals surface area contributed by atoms with Gasteiger partial charge in [0.05, 0.1) is 5.52 Å². The Balaban J connectivity index is 1.69. The number of aryl methyl sites for hydroxylation is 1. The van der Waals surface area contributed by atoms with Crippen molar-refractivity contribution in [1.29, 1.82) is 0 Å². The van der Waals surface area contributed by atoms with Crippen molar-refractivity contribution in [3.05, 3.63) is 28.7 Å².